The van der Waals surface area contributed by atoms with Gasteiger partial charge in [0.05, 0.1) is 18.1 Å². The van der Waals surface area contributed by atoms with Crippen LogP contribution in [0.2, 0.25) is 0 Å². The van der Waals surface area contributed by atoms with Crippen LogP contribution in [0.4, 0.5) is 11.4 Å². The van der Waals surface area contributed by atoms with Crippen molar-refractivity contribution in [1.82, 2.24) is 9.88 Å². The smallest absolute Gasteiger partial charge is 0.295 e. The average Bonchev–Trinajstić information content (AvgIpc) is 2.61. The summed E-state index contributed by atoms with van der Waals surface area (Å²) in [5, 5.41) is 15.4. The Morgan fingerprint density at radius 3 is 2.88 bits per heavy atom. The largest absolute Gasteiger partial charge is 0.384 e. The monoisotopic (exact) mass is 344 g/mol. The predicted octanol–water partition coefficient (Wildman–Crippen LogP) is 2.98. The topological polar surface area (TPSA) is 80.5 Å². The van der Waals surface area contributed by atoms with E-state index in [0.29, 0.717) is 5.52 Å². The first-order valence-corrected chi connectivity index (χ1v) is 8.74. The molecule has 25 heavy (non-hydrogen) atoms. The molecule has 1 saturated heterocycles. The maximum atomic E-state index is 11.2. The van der Waals surface area contributed by atoms with E-state index < -0.39 is 0 Å². The molecule has 3 rings (SSSR count). The van der Waals surface area contributed by atoms with E-state index in [1.165, 1.54) is 6.07 Å². The number of fused-ring (bicyclic) bond motifs is 1. The van der Waals surface area contributed by atoms with Crippen LogP contribution in [0.5, 0.6) is 0 Å². The molecule has 7 nitrogen and oxygen atoms in total. The van der Waals surface area contributed by atoms with Crippen molar-refractivity contribution < 1.29 is 9.66 Å². The highest BCUT2D eigenvalue weighted by Gasteiger charge is 2.15. The van der Waals surface area contributed by atoms with Gasteiger partial charge < -0.3 is 10.1 Å². The van der Waals surface area contributed by atoms with Gasteiger partial charge in [0.25, 0.3) is 5.69 Å². The lowest BCUT2D eigenvalue weighted by atomic mass is 10.1. The van der Waals surface area contributed by atoms with Gasteiger partial charge in [-0.2, -0.15) is 0 Å². The number of hydrogen-bond donors (Lipinski definition) is 1. The van der Waals surface area contributed by atoms with Gasteiger partial charge >= 0.3 is 0 Å². The lowest BCUT2D eigenvalue weighted by molar-refractivity contribution is -0.383. The van der Waals surface area contributed by atoms with Gasteiger partial charge in [-0.05, 0) is 32.4 Å². The van der Waals surface area contributed by atoms with E-state index in [1.807, 2.05) is 19.1 Å². The molecule has 1 aromatic heterocycles. The quantitative estimate of drug-likeness (QED) is 0.472. The van der Waals surface area contributed by atoms with Gasteiger partial charge in [0.2, 0.25) is 0 Å². The van der Waals surface area contributed by atoms with Crippen molar-refractivity contribution >= 4 is 22.3 Å². The molecule has 0 aliphatic carbocycles. The molecule has 1 N–H and O–H groups in total. The molecule has 1 fully saturated rings. The Kier molecular flexibility index (Phi) is 5.78. The Hall–Kier alpha value is -2.25. The standard InChI is InChI=1S/C18H24N4O3/c1-14-13-16(15-5-4-6-17(22(23)24)18(15)20-14)19-7-2-3-8-21-9-11-25-12-10-21/h4-6,13H,2-3,7-12H2,1H3,(H,19,20). The zero-order chi connectivity index (χ0) is 17.6. The number of para-hydroxylation sites is 1. The molecule has 0 bridgehead atoms. The second-order valence-corrected chi connectivity index (χ2v) is 6.33. The van der Waals surface area contributed by atoms with E-state index in [1.54, 1.807) is 6.07 Å². The van der Waals surface area contributed by atoms with E-state index in [4.69, 9.17) is 4.74 Å². The van der Waals surface area contributed by atoms with Crippen LogP contribution >= 0.6 is 0 Å². The molecule has 1 aliphatic rings. The maximum absolute atomic E-state index is 11.2. The number of anilines is 1. The second kappa shape index (κ2) is 8.22. The number of non-ortho nitro benzene ring substituents is 1. The number of benzene rings is 1. The molecule has 0 unspecified atom stereocenters. The molecule has 1 aromatic carbocycles. The molecule has 134 valence electrons. The molecule has 0 radical (unpaired) electrons. The van der Waals surface area contributed by atoms with Crippen LogP contribution in [0.25, 0.3) is 10.9 Å². The van der Waals surface area contributed by atoms with E-state index in [2.05, 4.69) is 15.2 Å². The number of morpholine rings is 1. The Balaban J connectivity index is 1.61. The van der Waals surface area contributed by atoms with E-state index >= 15 is 0 Å². The van der Waals surface area contributed by atoms with Crippen LogP contribution in [0.1, 0.15) is 18.5 Å². The van der Waals surface area contributed by atoms with Gasteiger partial charge in [-0.3, -0.25) is 15.0 Å². The summed E-state index contributed by atoms with van der Waals surface area (Å²) < 4.78 is 5.36. The highest BCUT2D eigenvalue weighted by atomic mass is 16.6. The molecular weight excluding hydrogens is 320 g/mol. The fourth-order valence-electron chi connectivity index (χ4n) is 3.16. The number of nitrogens with zero attached hydrogens (tertiary/aromatic N) is 3. The number of ether oxygens (including phenoxy) is 1. The zero-order valence-electron chi connectivity index (χ0n) is 14.5. The summed E-state index contributed by atoms with van der Waals surface area (Å²) in [6, 6.07) is 7.04. The normalized spacial score (nSPS) is 15.4. The van der Waals surface area contributed by atoms with Gasteiger partial charge in [0, 0.05) is 42.5 Å². The lowest BCUT2D eigenvalue weighted by Gasteiger charge is -2.26. The molecule has 0 atom stereocenters. The summed E-state index contributed by atoms with van der Waals surface area (Å²) in [4.78, 5) is 17.6. The number of nitrogens with one attached hydrogen (secondary N) is 1. The van der Waals surface area contributed by atoms with Crippen LogP contribution in [0, 0.1) is 17.0 Å². The van der Waals surface area contributed by atoms with Crippen LogP contribution in [-0.4, -0.2) is 54.2 Å². The summed E-state index contributed by atoms with van der Waals surface area (Å²) in [6.07, 6.45) is 2.17. The third-order valence-corrected chi connectivity index (χ3v) is 4.46. The molecule has 1 aliphatic heterocycles. The van der Waals surface area contributed by atoms with Crippen LogP contribution < -0.4 is 5.32 Å². The number of unbranched alkanes of at least 4 members (excludes halogenated alkanes) is 1. The average molecular weight is 344 g/mol. The van der Waals surface area contributed by atoms with Crippen molar-refractivity contribution in [2.45, 2.75) is 19.8 Å². The molecule has 0 saturated carbocycles. The third kappa shape index (κ3) is 4.43. The Morgan fingerprint density at radius 1 is 1.32 bits per heavy atom. The summed E-state index contributed by atoms with van der Waals surface area (Å²) in [5.41, 5.74) is 2.19. The summed E-state index contributed by atoms with van der Waals surface area (Å²) >= 11 is 0. The van der Waals surface area contributed by atoms with E-state index in [9.17, 15) is 10.1 Å². The van der Waals surface area contributed by atoms with Crippen molar-refractivity contribution in [3.8, 4) is 0 Å². The first-order valence-electron chi connectivity index (χ1n) is 8.74. The number of nitro groups is 1. The van der Waals surface area contributed by atoms with E-state index in [-0.39, 0.29) is 10.6 Å². The molecule has 2 aromatic rings. The Bertz CT molecular complexity index is 744. The molecule has 2 heterocycles. The zero-order valence-corrected chi connectivity index (χ0v) is 14.5. The number of nitro benzene ring substituents is 1. The summed E-state index contributed by atoms with van der Waals surface area (Å²) in [5.74, 6) is 0. The number of hydrogen-bond acceptors (Lipinski definition) is 6. The first kappa shape index (κ1) is 17.6. The van der Waals surface area contributed by atoms with Gasteiger partial charge in [0.15, 0.2) is 5.52 Å². The fraction of sp³-hybridized carbons (Fsp3) is 0.500. The second-order valence-electron chi connectivity index (χ2n) is 6.33. The molecule has 0 spiro atoms. The summed E-state index contributed by atoms with van der Waals surface area (Å²) in [6.45, 7) is 7.49. The first-order chi connectivity index (χ1) is 12.1. The minimum atomic E-state index is -0.374. The number of rotatable bonds is 7. The van der Waals surface area contributed by atoms with Crippen LogP contribution in [0.15, 0.2) is 24.3 Å². The van der Waals surface area contributed by atoms with E-state index in [0.717, 1.165) is 69.0 Å². The number of aryl methyl sites for hydroxylation is 1. The minimum Gasteiger partial charge on any atom is -0.384 e. The lowest BCUT2D eigenvalue weighted by Crippen LogP contribution is -2.36. The third-order valence-electron chi connectivity index (χ3n) is 4.46. The molecule has 0 amide bonds. The SMILES string of the molecule is Cc1cc(NCCCCN2CCOCC2)c2cccc([N+](=O)[O-])c2n1. The van der Waals surface area contributed by atoms with Gasteiger partial charge in [-0.15, -0.1) is 0 Å². The molecular formula is C18H24N4O3. The highest BCUT2D eigenvalue weighted by molar-refractivity contribution is 5.96. The van der Waals surface area contributed by atoms with Gasteiger partial charge in [-0.25, -0.2) is 4.98 Å². The Morgan fingerprint density at radius 2 is 2.12 bits per heavy atom. The highest BCUT2D eigenvalue weighted by Crippen LogP contribution is 2.29. The number of aromatic nitrogens is 1. The van der Waals surface area contributed by atoms with Crippen LogP contribution in [-0.2, 0) is 4.74 Å². The fourth-order valence-corrected chi connectivity index (χ4v) is 3.16. The Labute approximate surface area is 147 Å². The molecule has 7 heteroatoms. The summed E-state index contributed by atoms with van der Waals surface area (Å²) in [7, 11) is 0. The number of pyridine rings is 1. The maximum Gasteiger partial charge on any atom is 0.295 e. The van der Waals surface area contributed by atoms with Crippen molar-refractivity contribution in [3.05, 3.63) is 40.1 Å². The minimum absolute atomic E-state index is 0.0524. The predicted molar refractivity (Wildman–Crippen MR) is 98.1 cm³/mol. The van der Waals surface area contributed by atoms with Crippen LogP contribution in [0.3, 0.4) is 0 Å². The van der Waals surface area contributed by atoms with Crippen molar-refractivity contribution in [2.75, 3.05) is 44.7 Å². The van der Waals surface area contributed by atoms with Crippen molar-refractivity contribution in [1.29, 1.82) is 0 Å². The van der Waals surface area contributed by atoms with Crippen molar-refractivity contribution in [3.63, 3.8) is 0 Å². The van der Waals surface area contributed by atoms with Gasteiger partial charge in [-0.1, -0.05) is 12.1 Å². The van der Waals surface area contributed by atoms with Gasteiger partial charge in [0.1, 0.15) is 0 Å². The van der Waals surface area contributed by atoms with Crippen molar-refractivity contribution in [2.24, 2.45) is 0 Å².